The zero-order valence-corrected chi connectivity index (χ0v) is 12.9. The van der Waals surface area contributed by atoms with E-state index in [1.807, 2.05) is 12.1 Å². The first-order valence-corrected chi connectivity index (χ1v) is 7.99. The van der Waals surface area contributed by atoms with E-state index in [1.165, 1.54) is 19.2 Å². The van der Waals surface area contributed by atoms with E-state index in [9.17, 15) is 8.42 Å². The van der Waals surface area contributed by atoms with E-state index >= 15 is 0 Å². The number of nitrogen functional groups attached to an aromatic ring is 1. The highest BCUT2D eigenvalue weighted by Crippen LogP contribution is 2.24. The molecule has 2 rings (SSSR count). The maximum absolute atomic E-state index is 11.7. The Bertz CT molecular complexity index is 748. The number of nitrogens with one attached hydrogen (secondary N) is 1. The highest BCUT2D eigenvalue weighted by Gasteiger charge is 2.15. The lowest BCUT2D eigenvalue weighted by Gasteiger charge is -2.10. The smallest absolute Gasteiger partial charge is 0.242 e. The van der Waals surface area contributed by atoms with Crippen LogP contribution in [-0.2, 0) is 16.6 Å². The zero-order valence-electron chi connectivity index (χ0n) is 11.3. The van der Waals surface area contributed by atoms with Crippen molar-refractivity contribution in [3.8, 4) is 5.75 Å². The zero-order chi connectivity index (χ0) is 15.5. The summed E-state index contributed by atoms with van der Waals surface area (Å²) in [7, 11) is -2.23. The van der Waals surface area contributed by atoms with Crippen LogP contribution in [0.2, 0.25) is 5.02 Å². The predicted octanol–water partition coefficient (Wildman–Crippen LogP) is 2.41. The summed E-state index contributed by atoms with van der Waals surface area (Å²) < 4.78 is 31.2. The topological polar surface area (TPSA) is 81.4 Å². The lowest BCUT2D eigenvalue weighted by Crippen LogP contribution is -2.19. The quantitative estimate of drug-likeness (QED) is 0.827. The summed E-state index contributed by atoms with van der Waals surface area (Å²) in [5.74, 6) is 0.488. The molecule has 0 aromatic heterocycles. The molecule has 0 spiro atoms. The molecule has 2 aromatic carbocycles. The van der Waals surface area contributed by atoms with Gasteiger partial charge in [-0.15, -0.1) is 0 Å². The van der Waals surface area contributed by atoms with E-state index in [0.29, 0.717) is 17.4 Å². The molecule has 0 radical (unpaired) electrons. The fourth-order valence-electron chi connectivity index (χ4n) is 1.76. The molecule has 0 aliphatic carbocycles. The molecule has 3 N–H and O–H groups in total. The summed E-state index contributed by atoms with van der Waals surface area (Å²) in [5, 5.41) is 0.631. The molecule has 0 saturated carbocycles. The van der Waals surface area contributed by atoms with Crippen LogP contribution in [0.5, 0.6) is 5.75 Å². The Balaban J connectivity index is 2.14. The van der Waals surface area contributed by atoms with Gasteiger partial charge in [0.25, 0.3) is 0 Å². The number of benzene rings is 2. The summed E-state index contributed by atoms with van der Waals surface area (Å²) in [5.41, 5.74) is 6.80. The maximum Gasteiger partial charge on any atom is 0.242 e. The summed E-state index contributed by atoms with van der Waals surface area (Å²) in [6, 6.07) is 11.7. The largest absolute Gasteiger partial charge is 0.489 e. The molecule has 0 fully saturated rings. The minimum Gasteiger partial charge on any atom is -0.489 e. The molecule has 112 valence electrons. The number of rotatable bonds is 5. The molecule has 0 aliphatic rings. The van der Waals surface area contributed by atoms with Gasteiger partial charge in [0.15, 0.2) is 0 Å². The monoisotopic (exact) mass is 326 g/mol. The van der Waals surface area contributed by atoms with Crippen LogP contribution in [0.1, 0.15) is 5.56 Å². The number of nitrogens with two attached hydrogens (primary N) is 1. The molecular weight excluding hydrogens is 312 g/mol. The van der Waals surface area contributed by atoms with Crippen molar-refractivity contribution in [2.45, 2.75) is 11.5 Å². The number of ether oxygens (including phenoxy) is 1. The van der Waals surface area contributed by atoms with Crippen molar-refractivity contribution in [1.29, 1.82) is 0 Å². The highest BCUT2D eigenvalue weighted by molar-refractivity contribution is 7.89. The second-order valence-electron chi connectivity index (χ2n) is 4.33. The van der Waals surface area contributed by atoms with Crippen molar-refractivity contribution in [2.24, 2.45) is 0 Å². The van der Waals surface area contributed by atoms with Crippen molar-refractivity contribution in [3.05, 3.63) is 53.1 Å². The van der Waals surface area contributed by atoms with E-state index in [2.05, 4.69) is 4.72 Å². The number of hydrogen-bond acceptors (Lipinski definition) is 4. The molecule has 0 heterocycles. The molecular formula is C14H15ClN2O3S. The van der Waals surface area contributed by atoms with Gasteiger partial charge in [-0.05, 0) is 36.9 Å². The minimum absolute atomic E-state index is 0.0279. The van der Waals surface area contributed by atoms with Gasteiger partial charge in [0.2, 0.25) is 10.0 Å². The van der Waals surface area contributed by atoms with E-state index in [0.717, 1.165) is 5.56 Å². The van der Waals surface area contributed by atoms with Crippen LogP contribution in [0.4, 0.5) is 5.69 Å². The Kier molecular flexibility index (Phi) is 4.72. The van der Waals surface area contributed by atoms with Crippen LogP contribution < -0.4 is 15.2 Å². The minimum atomic E-state index is -3.57. The summed E-state index contributed by atoms with van der Waals surface area (Å²) in [6.07, 6.45) is 0. The number of hydrogen-bond donors (Lipinski definition) is 2. The van der Waals surface area contributed by atoms with Crippen molar-refractivity contribution in [2.75, 3.05) is 12.8 Å². The average molecular weight is 327 g/mol. The van der Waals surface area contributed by atoms with Crippen molar-refractivity contribution < 1.29 is 13.2 Å². The Labute approximate surface area is 128 Å². The van der Waals surface area contributed by atoms with Gasteiger partial charge < -0.3 is 10.5 Å². The summed E-state index contributed by atoms with van der Waals surface area (Å²) in [4.78, 5) is 0.0279. The van der Waals surface area contributed by atoms with Gasteiger partial charge in [-0.2, -0.15) is 0 Å². The Morgan fingerprint density at radius 1 is 1.24 bits per heavy atom. The Morgan fingerprint density at radius 3 is 2.62 bits per heavy atom. The molecule has 0 saturated heterocycles. The van der Waals surface area contributed by atoms with Crippen LogP contribution in [0, 0.1) is 0 Å². The predicted molar refractivity (Wildman–Crippen MR) is 82.9 cm³/mol. The normalized spacial score (nSPS) is 11.3. The molecule has 5 nitrogen and oxygen atoms in total. The van der Waals surface area contributed by atoms with Crippen LogP contribution in [0.3, 0.4) is 0 Å². The van der Waals surface area contributed by atoms with E-state index in [-0.39, 0.29) is 10.6 Å². The summed E-state index contributed by atoms with van der Waals surface area (Å²) >= 11 is 5.89. The van der Waals surface area contributed by atoms with Gasteiger partial charge in [0.1, 0.15) is 17.3 Å². The van der Waals surface area contributed by atoms with Gasteiger partial charge in [0.05, 0.1) is 5.69 Å². The van der Waals surface area contributed by atoms with Gasteiger partial charge in [0, 0.05) is 11.1 Å². The first-order chi connectivity index (χ1) is 9.92. The van der Waals surface area contributed by atoms with Crippen molar-refractivity contribution in [1.82, 2.24) is 4.72 Å². The van der Waals surface area contributed by atoms with Crippen molar-refractivity contribution >= 4 is 27.3 Å². The van der Waals surface area contributed by atoms with Gasteiger partial charge in [-0.3, -0.25) is 0 Å². The van der Waals surface area contributed by atoms with Gasteiger partial charge in [-0.25, -0.2) is 13.1 Å². The van der Waals surface area contributed by atoms with Gasteiger partial charge in [-0.1, -0.05) is 23.7 Å². The van der Waals surface area contributed by atoms with Crippen LogP contribution in [-0.4, -0.2) is 15.5 Å². The Hall–Kier alpha value is -1.76. The molecule has 0 amide bonds. The molecule has 2 aromatic rings. The van der Waals surface area contributed by atoms with Crippen LogP contribution in [0.25, 0.3) is 0 Å². The SMILES string of the molecule is CNS(=O)(=O)c1ccc(OCc2cccc(Cl)c2)cc1N. The molecule has 0 aliphatic heterocycles. The third-order valence-corrected chi connectivity index (χ3v) is 4.56. The fourth-order valence-corrected chi connectivity index (χ4v) is 2.81. The molecule has 7 heteroatoms. The van der Waals surface area contributed by atoms with E-state index in [4.69, 9.17) is 22.1 Å². The van der Waals surface area contributed by atoms with Crippen LogP contribution >= 0.6 is 11.6 Å². The fraction of sp³-hybridized carbons (Fsp3) is 0.143. The highest BCUT2D eigenvalue weighted by atomic mass is 35.5. The number of anilines is 1. The lowest BCUT2D eigenvalue weighted by molar-refractivity contribution is 0.306. The third-order valence-electron chi connectivity index (χ3n) is 2.83. The van der Waals surface area contributed by atoms with Crippen molar-refractivity contribution in [3.63, 3.8) is 0 Å². The van der Waals surface area contributed by atoms with Gasteiger partial charge >= 0.3 is 0 Å². The van der Waals surface area contributed by atoms with E-state index in [1.54, 1.807) is 18.2 Å². The first-order valence-electron chi connectivity index (χ1n) is 6.12. The molecule has 0 bridgehead atoms. The number of halogens is 1. The summed E-state index contributed by atoms with van der Waals surface area (Å²) in [6.45, 7) is 0.318. The Morgan fingerprint density at radius 2 is 2.00 bits per heavy atom. The second-order valence-corrected chi connectivity index (χ2v) is 6.62. The van der Waals surface area contributed by atoms with E-state index < -0.39 is 10.0 Å². The first kappa shape index (κ1) is 15.6. The standard InChI is InChI=1S/C14H15ClN2O3S/c1-17-21(18,19)14-6-5-12(8-13(14)16)20-9-10-3-2-4-11(15)7-10/h2-8,17H,9,16H2,1H3. The number of sulfonamides is 1. The average Bonchev–Trinajstić information content (AvgIpc) is 2.45. The maximum atomic E-state index is 11.7. The second kappa shape index (κ2) is 6.34. The molecule has 0 unspecified atom stereocenters. The molecule has 21 heavy (non-hydrogen) atoms. The lowest BCUT2D eigenvalue weighted by atomic mass is 10.2. The third kappa shape index (κ3) is 3.87. The van der Waals surface area contributed by atoms with Crippen LogP contribution in [0.15, 0.2) is 47.4 Å². The molecule has 0 atom stereocenters.